The maximum Gasteiger partial charge on any atom is 0.433 e. The second-order valence-corrected chi connectivity index (χ2v) is 9.65. The molecule has 1 aliphatic rings. The van der Waals surface area contributed by atoms with Gasteiger partial charge in [0.25, 0.3) is 5.91 Å². The maximum absolute atomic E-state index is 14.4. The van der Waals surface area contributed by atoms with Gasteiger partial charge in [-0.15, -0.1) is 13.2 Å². The van der Waals surface area contributed by atoms with E-state index in [0.29, 0.717) is 15.8 Å². The zero-order chi connectivity index (χ0) is 31.5. The van der Waals surface area contributed by atoms with Crippen LogP contribution in [0, 0.1) is 18.6 Å². The van der Waals surface area contributed by atoms with E-state index in [2.05, 4.69) is 23.2 Å². The van der Waals surface area contributed by atoms with Crippen LogP contribution in [-0.4, -0.2) is 75.3 Å². The summed E-state index contributed by atoms with van der Waals surface area (Å²) in [6.07, 6.45) is -3.70. The molecule has 0 unspecified atom stereocenters. The normalized spacial score (nSPS) is 14.7. The Morgan fingerprint density at radius 3 is 2.28 bits per heavy atom. The van der Waals surface area contributed by atoms with Gasteiger partial charge in [0.15, 0.2) is 11.3 Å². The highest BCUT2D eigenvalue weighted by atomic mass is 19.4. The first-order valence-electron chi connectivity index (χ1n) is 13.2. The number of carbonyl (C=O) groups excluding carboxylic acids is 1. The Morgan fingerprint density at radius 2 is 1.72 bits per heavy atom. The van der Waals surface area contributed by atoms with Gasteiger partial charge in [-0.25, -0.2) is 18.3 Å². The molecule has 2 aromatic carbocycles. The Morgan fingerprint density at radius 1 is 1.07 bits per heavy atom. The number of hydrogen-bond acceptors (Lipinski definition) is 6. The van der Waals surface area contributed by atoms with Crippen LogP contribution in [0.1, 0.15) is 33.2 Å². The Balaban J connectivity index is 0.00000207. The number of alkyl halides is 3. The number of fused-ring (bicyclic) bond motifs is 1. The van der Waals surface area contributed by atoms with E-state index in [1.54, 1.807) is 29.2 Å². The standard InChI is InChI=1S/C28H26F5N5O3.C2H4/c1-16-24(17-3-6-19(41-2)7-4-17)35-26-21(14-34-38(26)25(16)28(31,32)33)27(40)37-11-9-36(10-12-37)23(15-39)20-8-5-18(29)13-22(20)30;1-2/h3-8,13-14,23,39H,9-12,15H2,1-2H3;1-2H2/t23-;/m1./s1. The lowest BCUT2D eigenvalue weighted by atomic mass is 10.0. The first-order chi connectivity index (χ1) is 20.5. The highest BCUT2D eigenvalue weighted by Gasteiger charge is 2.39. The molecule has 2 aromatic heterocycles. The fourth-order valence-corrected chi connectivity index (χ4v) is 5.18. The van der Waals surface area contributed by atoms with Gasteiger partial charge in [-0.2, -0.15) is 18.3 Å². The molecule has 1 saturated heterocycles. The van der Waals surface area contributed by atoms with Crippen LogP contribution in [0.3, 0.4) is 0 Å². The summed E-state index contributed by atoms with van der Waals surface area (Å²) in [5.74, 6) is -1.56. The number of benzene rings is 2. The third-order valence-electron chi connectivity index (χ3n) is 7.28. The largest absolute Gasteiger partial charge is 0.497 e. The summed E-state index contributed by atoms with van der Waals surface area (Å²) in [5.41, 5.74) is -0.920. The highest BCUT2D eigenvalue weighted by molar-refractivity contribution is 6.00. The van der Waals surface area contributed by atoms with E-state index >= 15 is 0 Å². The van der Waals surface area contributed by atoms with Gasteiger partial charge in [0, 0.05) is 48.9 Å². The van der Waals surface area contributed by atoms with E-state index in [0.717, 1.165) is 18.3 Å². The van der Waals surface area contributed by atoms with Gasteiger partial charge < -0.3 is 14.7 Å². The van der Waals surface area contributed by atoms with Crippen molar-refractivity contribution in [2.24, 2.45) is 0 Å². The molecule has 0 radical (unpaired) electrons. The quantitative estimate of drug-likeness (QED) is 0.238. The number of hydrogen-bond donors (Lipinski definition) is 1. The van der Waals surface area contributed by atoms with Gasteiger partial charge in [0.2, 0.25) is 0 Å². The van der Waals surface area contributed by atoms with Crippen LogP contribution >= 0.6 is 0 Å². The van der Waals surface area contributed by atoms with Crippen LogP contribution < -0.4 is 4.74 Å². The summed E-state index contributed by atoms with van der Waals surface area (Å²) >= 11 is 0. The van der Waals surface area contributed by atoms with Crippen LogP contribution in [0.5, 0.6) is 5.75 Å². The summed E-state index contributed by atoms with van der Waals surface area (Å²) in [5, 5.41) is 13.8. The number of methoxy groups -OCH3 is 1. The topological polar surface area (TPSA) is 83.2 Å². The van der Waals surface area contributed by atoms with Gasteiger partial charge in [-0.05, 0) is 37.3 Å². The van der Waals surface area contributed by atoms with Gasteiger partial charge in [0.1, 0.15) is 22.9 Å². The molecule has 4 aromatic rings. The van der Waals surface area contributed by atoms with Crippen LogP contribution in [0.15, 0.2) is 61.8 Å². The predicted molar refractivity (Wildman–Crippen MR) is 150 cm³/mol. The first kappa shape index (κ1) is 31.6. The molecule has 13 heteroatoms. The smallest absolute Gasteiger partial charge is 0.433 e. The lowest BCUT2D eigenvalue weighted by Gasteiger charge is -2.38. The predicted octanol–water partition coefficient (Wildman–Crippen LogP) is 5.30. The minimum absolute atomic E-state index is 0.0546. The second-order valence-electron chi connectivity index (χ2n) is 9.65. The Kier molecular flexibility index (Phi) is 9.46. The molecule has 0 aliphatic carbocycles. The number of aliphatic hydroxyl groups is 1. The summed E-state index contributed by atoms with van der Waals surface area (Å²) in [4.78, 5) is 21.2. The molecule has 0 saturated carbocycles. The van der Waals surface area contributed by atoms with Crippen molar-refractivity contribution < 1.29 is 36.6 Å². The van der Waals surface area contributed by atoms with E-state index in [4.69, 9.17) is 4.74 Å². The van der Waals surface area contributed by atoms with Crippen LogP contribution in [0.25, 0.3) is 16.9 Å². The lowest BCUT2D eigenvalue weighted by molar-refractivity contribution is -0.143. The van der Waals surface area contributed by atoms with Crippen molar-refractivity contribution in [1.29, 1.82) is 0 Å². The summed E-state index contributed by atoms with van der Waals surface area (Å²) in [6, 6.07) is 8.75. The first-order valence-corrected chi connectivity index (χ1v) is 13.2. The van der Waals surface area contributed by atoms with Gasteiger partial charge in [-0.3, -0.25) is 9.69 Å². The number of halogens is 5. The van der Waals surface area contributed by atoms with Crippen molar-refractivity contribution in [3.63, 3.8) is 0 Å². The van der Waals surface area contributed by atoms with Crippen molar-refractivity contribution in [2.75, 3.05) is 39.9 Å². The number of ether oxygens (including phenoxy) is 1. The number of carbonyl (C=O) groups is 1. The minimum atomic E-state index is -4.78. The van der Waals surface area contributed by atoms with Crippen molar-refractivity contribution in [2.45, 2.75) is 19.1 Å². The maximum atomic E-state index is 14.4. The molecular formula is C30H30F5N5O3. The third kappa shape index (κ3) is 6.22. The molecule has 5 rings (SSSR count). The fraction of sp³-hybridized carbons (Fsp3) is 0.300. The number of rotatable bonds is 6. The zero-order valence-electron chi connectivity index (χ0n) is 23.5. The molecule has 1 N–H and O–H groups in total. The SMILES string of the molecule is C=C.COc1ccc(-c2nc3c(C(=O)N4CCN([C@H](CO)c5ccc(F)cc5F)CC4)cnn3c(C(F)(F)F)c2C)cc1. The molecule has 0 spiro atoms. The Bertz CT molecular complexity index is 1600. The van der Waals surface area contributed by atoms with Crippen molar-refractivity contribution in [3.05, 3.63) is 95.8 Å². The van der Waals surface area contributed by atoms with Crippen molar-refractivity contribution in [1.82, 2.24) is 24.4 Å². The molecule has 3 heterocycles. The molecule has 228 valence electrons. The van der Waals surface area contributed by atoms with Crippen molar-refractivity contribution >= 4 is 11.6 Å². The molecular weight excluding hydrogens is 573 g/mol. The third-order valence-corrected chi connectivity index (χ3v) is 7.28. The monoisotopic (exact) mass is 603 g/mol. The number of aliphatic hydroxyl groups excluding tert-OH is 1. The minimum Gasteiger partial charge on any atom is -0.497 e. The van der Waals surface area contributed by atoms with E-state index in [9.17, 15) is 31.9 Å². The average Bonchev–Trinajstić information content (AvgIpc) is 3.41. The van der Waals surface area contributed by atoms with Crippen molar-refractivity contribution in [3.8, 4) is 17.0 Å². The molecule has 1 atom stereocenters. The van der Waals surface area contributed by atoms with Crippen LogP contribution in [-0.2, 0) is 6.18 Å². The van der Waals surface area contributed by atoms with Gasteiger partial charge in [-0.1, -0.05) is 6.07 Å². The van der Waals surface area contributed by atoms with Crippen LogP contribution in [0.2, 0.25) is 0 Å². The van der Waals surface area contributed by atoms with E-state index in [-0.39, 0.29) is 54.2 Å². The van der Waals surface area contributed by atoms with Crippen LogP contribution in [0.4, 0.5) is 22.0 Å². The van der Waals surface area contributed by atoms with E-state index in [1.807, 2.05) is 0 Å². The number of aromatic nitrogens is 3. The molecule has 1 aliphatic heterocycles. The van der Waals surface area contributed by atoms with Gasteiger partial charge in [0.05, 0.1) is 31.6 Å². The summed E-state index contributed by atoms with van der Waals surface area (Å²) < 4.78 is 76.2. The summed E-state index contributed by atoms with van der Waals surface area (Å²) in [6.45, 7) is 7.66. The Hall–Kier alpha value is -4.36. The van der Waals surface area contributed by atoms with Gasteiger partial charge >= 0.3 is 6.18 Å². The summed E-state index contributed by atoms with van der Waals surface area (Å²) in [7, 11) is 1.47. The lowest BCUT2D eigenvalue weighted by Crippen LogP contribution is -2.50. The number of piperazine rings is 1. The van der Waals surface area contributed by atoms with E-state index < -0.39 is 42.1 Å². The molecule has 1 amide bonds. The second kappa shape index (κ2) is 12.9. The molecule has 8 nitrogen and oxygen atoms in total. The number of nitrogens with zero attached hydrogens (tertiary/aromatic N) is 5. The molecule has 1 fully saturated rings. The fourth-order valence-electron chi connectivity index (χ4n) is 5.18. The van der Waals surface area contributed by atoms with E-state index in [1.165, 1.54) is 25.0 Å². The molecule has 43 heavy (non-hydrogen) atoms. The molecule has 0 bridgehead atoms. The highest BCUT2D eigenvalue weighted by Crippen LogP contribution is 2.37. The average molecular weight is 604 g/mol. The Labute approximate surface area is 244 Å². The zero-order valence-corrected chi connectivity index (χ0v) is 23.5. The number of amides is 1.